The summed E-state index contributed by atoms with van der Waals surface area (Å²) in [6, 6.07) is 12.4. The first-order chi connectivity index (χ1) is 29.2. The van der Waals surface area contributed by atoms with Gasteiger partial charge in [-0.15, -0.1) is 11.3 Å². The number of carbonyl (C=O) groups is 6. The Hall–Kier alpha value is -6.08. The predicted octanol–water partition coefficient (Wildman–Crippen LogP) is 1.52. The van der Waals surface area contributed by atoms with E-state index in [2.05, 4.69) is 32.1 Å². The molecule has 3 aromatic carbocycles. The second kappa shape index (κ2) is 23.6. The van der Waals surface area contributed by atoms with Crippen LogP contribution in [0.25, 0.3) is 10.1 Å². The molecule has 4 aromatic rings. The number of fused-ring (bicyclic) bond motifs is 1. The first-order valence-electron chi connectivity index (χ1n) is 19.4. The fraction of sp³-hybridized carbons (Fsp3) is 0.357. The smallest absolute Gasteiger partial charge is 0.334 e. The van der Waals surface area contributed by atoms with Crippen LogP contribution in [-0.2, 0) is 48.0 Å². The number of benzene rings is 3. The zero-order valence-corrected chi connectivity index (χ0v) is 35.2. The predicted molar refractivity (Wildman–Crippen MR) is 230 cm³/mol. The average molecular weight is 878 g/mol. The van der Waals surface area contributed by atoms with E-state index >= 15 is 0 Å². The molecule has 0 spiro atoms. The number of aliphatic hydroxyl groups is 1. The summed E-state index contributed by atoms with van der Waals surface area (Å²) in [6.45, 7) is 0.662. The van der Waals surface area contributed by atoms with Crippen molar-refractivity contribution in [1.82, 2.24) is 37.0 Å². The third kappa shape index (κ3) is 14.6. The monoisotopic (exact) mass is 877 g/mol. The van der Waals surface area contributed by atoms with Crippen LogP contribution in [-0.4, -0.2) is 107 Å². The topological polar surface area (TPSA) is 261 Å². The van der Waals surface area contributed by atoms with Crippen LogP contribution in [0.3, 0.4) is 0 Å². The van der Waals surface area contributed by atoms with Gasteiger partial charge in [0.25, 0.3) is 0 Å². The number of likely N-dealkylation sites (N-methyl/N-ethyl adjacent to an activating group) is 1. The molecule has 325 valence electrons. The number of nitrogens with one attached hydrogen (secondary N) is 6. The zero-order chi connectivity index (χ0) is 44.5. The van der Waals surface area contributed by atoms with Gasteiger partial charge < -0.3 is 42.1 Å². The Bertz CT molecular complexity index is 2140. The zero-order valence-electron chi connectivity index (χ0n) is 33.6. The van der Waals surface area contributed by atoms with Gasteiger partial charge in [0, 0.05) is 43.0 Å². The van der Waals surface area contributed by atoms with Crippen molar-refractivity contribution in [3.63, 3.8) is 0 Å². The van der Waals surface area contributed by atoms with E-state index < -0.39 is 72.4 Å². The number of hydrogen-bond donors (Lipinski definition) is 9. The number of nitrogens with zero attached hydrogens (tertiary/aromatic N) is 1. The lowest BCUT2D eigenvalue weighted by molar-refractivity contribution is -0.143. The second-order valence-electron chi connectivity index (χ2n) is 14.2. The molecule has 1 aromatic heterocycles. The van der Waals surface area contributed by atoms with E-state index in [1.54, 1.807) is 36.4 Å². The minimum absolute atomic E-state index is 0.0230. The van der Waals surface area contributed by atoms with Gasteiger partial charge in [-0.25, -0.2) is 10.2 Å². The Kier molecular flexibility index (Phi) is 18.4. The molecule has 0 aliphatic rings. The molecule has 0 aliphatic heterocycles. The highest BCUT2D eigenvalue weighted by Gasteiger charge is 2.35. The Balaban J connectivity index is 1.62. The van der Waals surface area contributed by atoms with Gasteiger partial charge in [0.2, 0.25) is 35.8 Å². The highest BCUT2D eigenvalue weighted by atomic mass is 35.5. The second-order valence-corrected chi connectivity index (χ2v) is 15.6. The average Bonchev–Trinajstić information content (AvgIpc) is 3.66. The van der Waals surface area contributed by atoms with Gasteiger partial charge >= 0.3 is 6.03 Å². The van der Waals surface area contributed by atoms with Crippen molar-refractivity contribution >= 4 is 74.9 Å². The normalized spacial score (nSPS) is 13.4. The van der Waals surface area contributed by atoms with Gasteiger partial charge in [0.1, 0.15) is 29.9 Å². The van der Waals surface area contributed by atoms with Gasteiger partial charge in [-0.1, -0.05) is 54.1 Å². The van der Waals surface area contributed by atoms with E-state index in [0.717, 1.165) is 15.0 Å². The van der Waals surface area contributed by atoms with Gasteiger partial charge in [0.05, 0.1) is 12.6 Å². The van der Waals surface area contributed by atoms with Crippen molar-refractivity contribution in [3.8, 4) is 5.75 Å². The number of hydrazine groups is 1. The third-order valence-corrected chi connectivity index (χ3v) is 10.9. The minimum atomic E-state index is -1.62. The molecule has 10 N–H and O–H groups in total. The fourth-order valence-corrected chi connectivity index (χ4v) is 7.44. The molecule has 61 heavy (non-hydrogen) atoms. The summed E-state index contributed by atoms with van der Waals surface area (Å²) < 4.78 is 0.914. The van der Waals surface area contributed by atoms with Crippen LogP contribution in [0, 0.1) is 0 Å². The number of carbonyl (C=O) groups excluding carboxylic acids is 7. The van der Waals surface area contributed by atoms with Gasteiger partial charge in [-0.05, 0) is 83.6 Å². The molecular weight excluding hydrogens is 828 g/mol. The fourth-order valence-electron chi connectivity index (χ4n) is 6.34. The van der Waals surface area contributed by atoms with Gasteiger partial charge in [-0.3, -0.25) is 34.2 Å². The van der Waals surface area contributed by atoms with E-state index in [1.165, 1.54) is 37.4 Å². The molecule has 0 saturated carbocycles. The van der Waals surface area contributed by atoms with Crippen LogP contribution in [0.5, 0.6) is 5.75 Å². The Morgan fingerprint density at radius 1 is 0.787 bits per heavy atom. The van der Waals surface area contributed by atoms with Crippen LogP contribution in [0.15, 0.2) is 78.2 Å². The summed E-state index contributed by atoms with van der Waals surface area (Å²) in [6.07, 6.45) is 3.00. The number of thiophene rings is 1. The molecule has 0 fully saturated rings. The van der Waals surface area contributed by atoms with E-state index in [4.69, 9.17) is 17.3 Å². The Labute approximate surface area is 361 Å². The molecule has 5 atom stereocenters. The summed E-state index contributed by atoms with van der Waals surface area (Å²) in [7, 11) is 1.31. The van der Waals surface area contributed by atoms with Crippen LogP contribution in [0.4, 0.5) is 4.79 Å². The van der Waals surface area contributed by atoms with Crippen molar-refractivity contribution in [3.05, 3.63) is 99.9 Å². The van der Waals surface area contributed by atoms with Crippen molar-refractivity contribution in [2.75, 3.05) is 20.2 Å². The van der Waals surface area contributed by atoms with Crippen molar-refractivity contribution in [1.29, 1.82) is 0 Å². The highest BCUT2D eigenvalue weighted by molar-refractivity contribution is 7.17. The highest BCUT2D eigenvalue weighted by Crippen LogP contribution is 2.27. The quantitative estimate of drug-likeness (QED) is 0.0431. The molecule has 17 nitrogen and oxygen atoms in total. The first kappa shape index (κ1) is 47.6. The molecule has 1 radical (unpaired) electrons. The Morgan fingerprint density at radius 3 is 2.05 bits per heavy atom. The van der Waals surface area contributed by atoms with Gasteiger partial charge in [0.15, 0.2) is 0 Å². The van der Waals surface area contributed by atoms with E-state index in [1.807, 2.05) is 35.9 Å². The number of rotatable bonds is 21. The number of unbranched alkanes of at least 4 members (excludes halogenated alkanes) is 1. The summed E-state index contributed by atoms with van der Waals surface area (Å²) >= 11 is 7.48. The van der Waals surface area contributed by atoms with Crippen LogP contribution in [0.1, 0.15) is 42.9 Å². The number of aromatic hydroxyl groups is 1. The molecule has 0 aliphatic carbocycles. The summed E-state index contributed by atoms with van der Waals surface area (Å²) in [5, 5.41) is 33.8. The number of nitrogens with two attached hydrogens (primary N) is 1. The summed E-state index contributed by atoms with van der Waals surface area (Å²) in [5.41, 5.74) is 11.7. The maximum Gasteiger partial charge on any atom is 0.334 e. The van der Waals surface area contributed by atoms with Crippen LogP contribution < -0.4 is 37.9 Å². The van der Waals surface area contributed by atoms with Crippen LogP contribution >= 0.6 is 22.9 Å². The summed E-state index contributed by atoms with van der Waals surface area (Å²) in [5.74, 6) is -3.83. The third-order valence-electron chi connectivity index (χ3n) is 9.63. The van der Waals surface area contributed by atoms with Gasteiger partial charge in [-0.2, -0.15) is 0 Å². The van der Waals surface area contributed by atoms with Crippen molar-refractivity contribution in [2.24, 2.45) is 5.73 Å². The number of aliphatic hydroxyl groups excluding tert-OH is 1. The lowest BCUT2D eigenvalue weighted by Gasteiger charge is -2.32. The summed E-state index contributed by atoms with van der Waals surface area (Å²) in [4.78, 5) is 93.3. The molecule has 4 rings (SSSR count). The lowest BCUT2D eigenvalue weighted by atomic mass is 10.0. The van der Waals surface area contributed by atoms with E-state index in [-0.39, 0.29) is 31.4 Å². The number of amides is 7. The largest absolute Gasteiger partial charge is 0.508 e. The van der Waals surface area contributed by atoms with Crippen molar-refractivity contribution < 1.29 is 43.8 Å². The SMILES string of the molecule is CC(=O)NNC(=O)N[C@@H](Cc1ccc(Cl)cc1)C(=O)N[C@@H](Cc1csc2ccccc12)C(=O)N[C@@H](CO)C(=O)N(C)[C@@H](Cc1ccc(O)cc1)C(=O)N[C@@H]([C]=O)CCCCN. The first-order valence-corrected chi connectivity index (χ1v) is 20.7. The number of urea groups is 1. The number of hydrogen-bond acceptors (Lipinski definition) is 11. The van der Waals surface area contributed by atoms with Crippen molar-refractivity contribution in [2.45, 2.75) is 75.7 Å². The minimum Gasteiger partial charge on any atom is -0.508 e. The maximum atomic E-state index is 14.3. The molecule has 0 bridgehead atoms. The molecular formula is C42H50ClN8O9S. The van der Waals surface area contributed by atoms with E-state index in [0.29, 0.717) is 41.1 Å². The van der Waals surface area contributed by atoms with Crippen LogP contribution in [0.2, 0.25) is 5.02 Å². The maximum absolute atomic E-state index is 14.3. The van der Waals surface area contributed by atoms with E-state index in [9.17, 15) is 43.8 Å². The molecule has 0 unspecified atom stereocenters. The molecule has 1 heterocycles. The number of phenolic OH excluding ortho intramolecular Hbond substituents is 1. The lowest BCUT2D eigenvalue weighted by Crippen LogP contribution is -2.61. The number of phenols is 1. The Morgan fingerprint density at radius 2 is 1.41 bits per heavy atom. The standard InChI is InChI=1S/C42H50ClN8O9S/c1-25(54)49-50-42(60)48-33(19-26-10-14-29(43)15-11-26)38(56)46-34(21-28-24-61-37-9-4-3-8-32(28)37)39(57)47-35(23-53)41(59)51(2)36(20-27-12-16-31(55)17-13-27)40(58)45-30(22-52)7-5-6-18-44/h3-4,8-17,24,30,33-36,53,55H,5-7,18-21,23,44H2,1-2H3,(H,45,58)(H,46,56)(H,47,57)(H,49,54)(H2,48,50,60)/t30-,33+,34+,35+,36+/m1/s1. The molecule has 0 saturated heterocycles. The molecule has 19 heteroatoms. The molecule has 7 amide bonds. The number of halogens is 1.